The van der Waals surface area contributed by atoms with Gasteiger partial charge in [0.1, 0.15) is 5.82 Å². The zero-order chi connectivity index (χ0) is 15.1. The Labute approximate surface area is 119 Å². The Morgan fingerprint density at radius 1 is 1.35 bits per heavy atom. The van der Waals surface area contributed by atoms with Gasteiger partial charge in [0.15, 0.2) is 5.69 Å². The van der Waals surface area contributed by atoms with Gasteiger partial charge in [0, 0.05) is 15.7 Å². The summed E-state index contributed by atoms with van der Waals surface area (Å²) in [7, 11) is 0. The third-order valence-corrected chi connectivity index (χ3v) is 3.04. The number of aromatic amines is 1. The molecule has 0 fully saturated rings. The van der Waals surface area contributed by atoms with E-state index in [0.29, 0.717) is 0 Å². The van der Waals surface area contributed by atoms with Crippen LogP contribution in [0.2, 0.25) is 0 Å². The predicted molar refractivity (Wildman–Crippen MR) is 68.4 cm³/mol. The maximum Gasteiger partial charge on any atom is 0.416 e. The Balaban J connectivity index is 2.56. The molecule has 0 aliphatic rings. The lowest BCUT2D eigenvalue weighted by Crippen LogP contribution is -2.05. The summed E-state index contributed by atoms with van der Waals surface area (Å²) in [6.45, 7) is 1.49. The van der Waals surface area contributed by atoms with Crippen molar-refractivity contribution in [3.63, 3.8) is 0 Å². The van der Waals surface area contributed by atoms with Gasteiger partial charge in [-0.1, -0.05) is 15.9 Å². The van der Waals surface area contributed by atoms with Crippen molar-refractivity contribution >= 4 is 21.9 Å². The summed E-state index contributed by atoms with van der Waals surface area (Å²) < 4.78 is 38.4. The van der Waals surface area contributed by atoms with Crippen molar-refractivity contribution in [2.75, 3.05) is 0 Å². The molecule has 1 heterocycles. The standard InChI is InChI=1S/C12H8BrF3N2O2/c1-5-9(11(19)20)18-10(17-5)6-2-7(12(14,15)16)4-8(13)3-6/h2-4H,1H3,(H,17,18)(H,19,20). The number of nitrogens with zero attached hydrogens (tertiary/aromatic N) is 1. The van der Waals surface area contributed by atoms with Crippen molar-refractivity contribution in [3.8, 4) is 11.4 Å². The number of nitrogens with one attached hydrogen (secondary N) is 1. The zero-order valence-corrected chi connectivity index (χ0v) is 11.6. The number of aromatic carboxylic acids is 1. The van der Waals surface area contributed by atoms with Crippen molar-refractivity contribution in [2.45, 2.75) is 13.1 Å². The van der Waals surface area contributed by atoms with E-state index in [0.717, 1.165) is 12.1 Å². The highest BCUT2D eigenvalue weighted by molar-refractivity contribution is 9.10. The van der Waals surface area contributed by atoms with Gasteiger partial charge in [-0.05, 0) is 25.1 Å². The number of benzene rings is 1. The molecule has 0 bridgehead atoms. The second kappa shape index (κ2) is 4.93. The number of hydrogen-bond acceptors (Lipinski definition) is 2. The van der Waals surface area contributed by atoms with Crippen LogP contribution in [0.3, 0.4) is 0 Å². The van der Waals surface area contributed by atoms with E-state index >= 15 is 0 Å². The lowest BCUT2D eigenvalue weighted by atomic mass is 10.1. The van der Waals surface area contributed by atoms with E-state index in [1.54, 1.807) is 0 Å². The molecule has 2 aromatic rings. The fourth-order valence-corrected chi connectivity index (χ4v) is 2.19. The molecule has 4 nitrogen and oxygen atoms in total. The second-order valence-electron chi connectivity index (χ2n) is 4.09. The van der Waals surface area contributed by atoms with Crippen LogP contribution >= 0.6 is 15.9 Å². The smallest absolute Gasteiger partial charge is 0.416 e. The molecule has 0 saturated carbocycles. The molecule has 0 aliphatic heterocycles. The fourth-order valence-electron chi connectivity index (χ4n) is 1.70. The number of carboxylic acids is 1. The highest BCUT2D eigenvalue weighted by Gasteiger charge is 2.31. The van der Waals surface area contributed by atoms with E-state index in [1.165, 1.54) is 13.0 Å². The van der Waals surface area contributed by atoms with Crippen LogP contribution in [0, 0.1) is 6.92 Å². The summed E-state index contributed by atoms with van der Waals surface area (Å²) in [5.41, 5.74) is -0.621. The van der Waals surface area contributed by atoms with Crippen LogP contribution < -0.4 is 0 Å². The number of carboxylic acid groups (broad SMARTS) is 1. The normalized spacial score (nSPS) is 11.7. The molecule has 0 radical (unpaired) electrons. The van der Waals surface area contributed by atoms with Crippen molar-refractivity contribution in [2.24, 2.45) is 0 Å². The van der Waals surface area contributed by atoms with Crippen LogP contribution in [0.15, 0.2) is 22.7 Å². The molecule has 106 valence electrons. The molecule has 0 amide bonds. The lowest BCUT2D eigenvalue weighted by Gasteiger charge is -2.08. The van der Waals surface area contributed by atoms with Gasteiger partial charge in [-0.2, -0.15) is 13.2 Å². The summed E-state index contributed by atoms with van der Waals surface area (Å²) >= 11 is 3.00. The molecule has 8 heteroatoms. The number of hydrogen-bond donors (Lipinski definition) is 2. The molecular weight excluding hydrogens is 341 g/mol. The van der Waals surface area contributed by atoms with E-state index in [9.17, 15) is 18.0 Å². The Bertz CT molecular complexity index is 680. The van der Waals surface area contributed by atoms with Crippen molar-refractivity contribution in [3.05, 3.63) is 39.6 Å². The molecule has 20 heavy (non-hydrogen) atoms. The molecule has 0 spiro atoms. The topological polar surface area (TPSA) is 66.0 Å². The SMILES string of the molecule is Cc1[nH]c(-c2cc(Br)cc(C(F)(F)F)c2)nc1C(=O)O. The van der Waals surface area contributed by atoms with Gasteiger partial charge in [0.2, 0.25) is 0 Å². The number of alkyl halides is 3. The van der Waals surface area contributed by atoms with Gasteiger partial charge in [-0.3, -0.25) is 0 Å². The minimum absolute atomic E-state index is 0.0756. The highest BCUT2D eigenvalue weighted by Crippen LogP contribution is 2.34. The van der Waals surface area contributed by atoms with E-state index in [1.807, 2.05) is 0 Å². The summed E-state index contributed by atoms with van der Waals surface area (Å²) in [6, 6.07) is 3.28. The minimum Gasteiger partial charge on any atom is -0.476 e. The zero-order valence-electron chi connectivity index (χ0n) is 10.0. The highest BCUT2D eigenvalue weighted by atomic mass is 79.9. The number of aromatic nitrogens is 2. The van der Waals surface area contributed by atoms with Gasteiger partial charge in [0.05, 0.1) is 5.56 Å². The first-order valence-electron chi connectivity index (χ1n) is 5.36. The molecule has 0 saturated heterocycles. The average molecular weight is 349 g/mol. The molecule has 0 aliphatic carbocycles. The van der Waals surface area contributed by atoms with Crippen LogP contribution in [0.5, 0.6) is 0 Å². The molecule has 0 unspecified atom stereocenters. The monoisotopic (exact) mass is 348 g/mol. The van der Waals surface area contributed by atoms with Crippen LogP contribution in [0.25, 0.3) is 11.4 Å². The van der Waals surface area contributed by atoms with Crippen LogP contribution in [-0.4, -0.2) is 21.0 Å². The quantitative estimate of drug-likeness (QED) is 0.865. The number of H-pyrrole nitrogens is 1. The van der Waals surface area contributed by atoms with Crippen molar-refractivity contribution in [1.29, 1.82) is 0 Å². The summed E-state index contributed by atoms with van der Waals surface area (Å²) in [4.78, 5) is 17.4. The van der Waals surface area contributed by atoms with Crippen LogP contribution in [-0.2, 0) is 6.18 Å². The summed E-state index contributed by atoms with van der Waals surface area (Å²) in [5.74, 6) is -1.16. The number of carbonyl (C=O) groups is 1. The Morgan fingerprint density at radius 2 is 2.00 bits per heavy atom. The number of aryl methyl sites for hydroxylation is 1. The van der Waals surface area contributed by atoms with E-state index in [2.05, 4.69) is 25.9 Å². The first kappa shape index (κ1) is 14.6. The average Bonchev–Trinajstić information content (AvgIpc) is 2.69. The van der Waals surface area contributed by atoms with Crippen LogP contribution in [0.1, 0.15) is 21.7 Å². The molecule has 1 aromatic carbocycles. The third-order valence-electron chi connectivity index (χ3n) is 2.59. The van der Waals surface area contributed by atoms with E-state index in [-0.39, 0.29) is 27.2 Å². The largest absolute Gasteiger partial charge is 0.476 e. The van der Waals surface area contributed by atoms with E-state index in [4.69, 9.17) is 5.11 Å². The molecule has 0 atom stereocenters. The van der Waals surface area contributed by atoms with Gasteiger partial charge in [-0.15, -0.1) is 0 Å². The number of halogens is 4. The van der Waals surface area contributed by atoms with Gasteiger partial charge >= 0.3 is 12.1 Å². The second-order valence-corrected chi connectivity index (χ2v) is 5.01. The minimum atomic E-state index is -4.49. The summed E-state index contributed by atoms with van der Waals surface area (Å²) in [6.07, 6.45) is -4.49. The molecule has 2 N–H and O–H groups in total. The predicted octanol–water partition coefficient (Wildman–Crippen LogP) is 3.86. The first-order chi connectivity index (χ1) is 9.18. The van der Waals surface area contributed by atoms with Crippen molar-refractivity contribution < 1.29 is 23.1 Å². The number of rotatable bonds is 2. The maximum atomic E-state index is 12.7. The Morgan fingerprint density at radius 3 is 2.50 bits per heavy atom. The number of imidazole rings is 1. The van der Waals surface area contributed by atoms with Crippen molar-refractivity contribution in [1.82, 2.24) is 9.97 Å². The summed E-state index contributed by atoms with van der Waals surface area (Å²) in [5, 5.41) is 8.89. The van der Waals surface area contributed by atoms with Gasteiger partial charge < -0.3 is 10.1 Å². The lowest BCUT2D eigenvalue weighted by molar-refractivity contribution is -0.137. The van der Waals surface area contributed by atoms with Gasteiger partial charge in [-0.25, -0.2) is 9.78 Å². The Hall–Kier alpha value is -1.83. The molecule has 2 rings (SSSR count). The molecule has 1 aromatic heterocycles. The fraction of sp³-hybridized carbons (Fsp3) is 0.167. The molecular formula is C12H8BrF3N2O2. The first-order valence-corrected chi connectivity index (χ1v) is 6.16. The maximum absolute atomic E-state index is 12.7. The van der Waals surface area contributed by atoms with E-state index < -0.39 is 17.7 Å². The van der Waals surface area contributed by atoms with Crippen LogP contribution in [0.4, 0.5) is 13.2 Å². The third kappa shape index (κ3) is 2.84. The van der Waals surface area contributed by atoms with Gasteiger partial charge in [0.25, 0.3) is 0 Å². The Kier molecular flexibility index (Phi) is 3.59.